The molecule has 16 heavy (non-hydrogen) atoms. The van der Waals surface area contributed by atoms with E-state index >= 15 is 0 Å². The highest BCUT2D eigenvalue weighted by Gasteiger charge is 2.17. The van der Waals surface area contributed by atoms with Crippen LogP contribution in [-0.2, 0) is 11.2 Å². The quantitative estimate of drug-likeness (QED) is 0.859. The molecule has 0 atom stereocenters. The summed E-state index contributed by atoms with van der Waals surface area (Å²) < 4.78 is 0. The van der Waals surface area contributed by atoms with Gasteiger partial charge in [-0.3, -0.25) is 4.79 Å². The van der Waals surface area contributed by atoms with Crippen molar-refractivity contribution < 1.29 is 4.79 Å². The van der Waals surface area contributed by atoms with Crippen LogP contribution in [0, 0.1) is 0 Å². The third-order valence-corrected chi connectivity index (χ3v) is 2.85. The van der Waals surface area contributed by atoms with Crippen molar-refractivity contribution in [1.29, 1.82) is 0 Å². The van der Waals surface area contributed by atoms with Crippen molar-refractivity contribution in [3.8, 4) is 0 Å². The molecule has 1 aromatic carbocycles. The van der Waals surface area contributed by atoms with Crippen LogP contribution in [0.15, 0.2) is 24.3 Å². The lowest BCUT2D eigenvalue weighted by Gasteiger charge is -2.24. The molecule has 0 bridgehead atoms. The number of halogens is 1. The minimum atomic E-state index is -0.143. The molecule has 0 fully saturated rings. The van der Waals surface area contributed by atoms with Crippen molar-refractivity contribution in [2.24, 2.45) is 0 Å². The van der Waals surface area contributed by atoms with Gasteiger partial charge in [0.1, 0.15) is 0 Å². The van der Waals surface area contributed by atoms with Gasteiger partial charge in [-0.2, -0.15) is 0 Å². The largest absolute Gasteiger partial charge is 0.351 e. The van der Waals surface area contributed by atoms with E-state index in [2.05, 4.69) is 12.2 Å². The predicted molar refractivity (Wildman–Crippen MR) is 67.7 cm³/mol. The summed E-state index contributed by atoms with van der Waals surface area (Å²) in [6.45, 7) is 6.09. The summed E-state index contributed by atoms with van der Waals surface area (Å²) >= 11 is 5.86. The Kier molecular flexibility index (Phi) is 4.36. The molecule has 0 unspecified atom stereocenters. The van der Waals surface area contributed by atoms with E-state index in [1.807, 2.05) is 32.0 Å². The van der Waals surface area contributed by atoms with Crippen LogP contribution in [0.25, 0.3) is 0 Å². The minimum absolute atomic E-state index is 0.0362. The Bertz CT molecular complexity index is 374. The summed E-state index contributed by atoms with van der Waals surface area (Å²) in [5.41, 5.74) is 0.798. The Balaban J connectivity index is 2.59. The third-order valence-electron chi connectivity index (χ3n) is 2.62. The Hall–Kier alpha value is -1.02. The highest BCUT2D eigenvalue weighted by Crippen LogP contribution is 2.12. The summed E-state index contributed by atoms with van der Waals surface area (Å²) in [4.78, 5) is 11.7. The van der Waals surface area contributed by atoms with Gasteiger partial charge in [0.15, 0.2) is 0 Å². The third kappa shape index (κ3) is 4.23. The first-order chi connectivity index (χ1) is 7.43. The predicted octanol–water partition coefficient (Wildman–Crippen LogP) is 3.19. The lowest BCUT2D eigenvalue weighted by Crippen LogP contribution is -2.43. The zero-order chi connectivity index (χ0) is 12.2. The van der Waals surface area contributed by atoms with Crippen LogP contribution in [0.3, 0.4) is 0 Å². The van der Waals surface area contributed by atoms with E-state index in [0.717, 1.165) is 12.0 Å². The number of nitrogens with one attached hydrogen (secondary N) is 1. The fourth-order valence-electron chi connectivity index (χ4n) is 1.34. The van der Waals surface area contributed by atoms with Gasteiger partial charge >= 0.3 is 0 Å². The molecular weight excluding hydrogens is 222 g/mol. The maximum atomic E-state index is 11.7. The van der Waals surface area contributed by atoms with Crippen LogP contribution in [0.1, 0.15) is 32.8 Å². The standard InChI is InChI=1S/C13H18ClNO/c1-4-13(2,3)15-12(16)9-10-6-5-7-11(14)8-10/h5-8H,4,9H2,1-3H3,(H,15,16). The monoisotopic (exact) mass is 239 g/mol. The molecule has 1 amide bonds. The van der Waals surface area contributed by atoms with Gasteiger partial charge in [0, 0.05) is 10.6 Å². The topological polar surface area (TPSA) is 29.1 Å². The normalized spacial score (nSPS) is 11.2. The Morgan fingerprint density at radius 1 is 1.44 bits per heavy atom. The van der Waals surface area contributed by atoms with E-state index in [-0.39, 0.29) is 11.4 Å². The average molecular weight is 240 g/mol. The SMILES string of the molecule is CCC(C)(C)NC(=O)Cc1cccc(Cl)c1. The molecule has 0 aliphatic heterocycles. The second kappa shape index (κ2) is 5.35. The number of carbonyl (C=O) groups excluding carboxylic acids is 1. The van der Waals surface area contributed by atoms with Crippen LogP contribution in [0.2, 0.25) is 5.02 Å². The van der Waals surface area contributed by atoms with Crippen molar-refractivity contribution in [3.63, 3.8) is 0 Å². The van der Waals surface area contributed by atoms with Gasteiger partial charge in [-0.15, -0.1) is 0 Å². The zero-order valence-electron chi connectivity index (χ0n) is 10.0. The summed E-state index contributed by atoms with van der Waals surface area (Å²) in [7, 11) is 0. The summed E-state index contributed by atoms with van der Waals surface area (Å²) in [5, 5.41) is 3.66. The number of benzene rings is 1. The van der Waals surface area contributed by atoms with Gasteiger partial charge in [0.2, 0.25) is 5.91 Å². The van der Waals surface area contributed by atoms with E-state index in [0.29, 0.717) is 11.4 Å². The fourth-order valence-corrected chi connectivity index (χ4v) is 1.56. The first-order valence-electron chi connectivity index (χ1n) is 5.48. The van der Waals surface area contributed by atoms with Crippen molar-refractivity contribution in [2.75, 3.05) is 0 Å². The molecule has 3 heteroatoms. The summed E-state index contributed by atoms with van der Waals surface area (Å²) in [6.07, 6.45) is 1.29. The van der Waals surface area contributed by atoms with Gasteiger partial charge in [-0.05, 0) is 38.0 Å². The second-order valence-electron chi connectivity index (χ2n) is 4.59. The lowest BCUT2D eigenvalue weighted by molar-refractivity contribution is -0.122. The van der Waals surface area contributed by atoms with E-state index in [9.17, 15) is 4.79 Å². The zero-order valence-corrected chi connectivity index (χ0v) is 10.8. The Morgan fingerprint density at radius 3 is 2.69 bits per heavy atom. The van der Waals surface area contributed by atoms with E-state index in [4.69, 9.17) is 11.6 Å². The number of hydrogen-bond acceptors (Lipinski definition) is 1. The lowest BCUT2D eigenvalue weighted by atomic mass is 10.0. The molecule has 0 aromatic heterocycles. The number of rotatable bonds is 4. The molecule has 0 aliphatic rings. The van der Waals surface area contributed by atoms with E-state index < -0.39 is 0 Å². The minimum Gasteiger partial charge on any atom is -0.351 e. The molecule has 0 aliphatic carbocycles. The van der Waals surface area contributed by atoms with Crippen LogP contribution >= 0.6 is 11.6 Å². The Morgan fingerprint density at radius 2 is 2.12 bits per heavy atom. The van der Waals surface area contributed by atoms with E-state index in [1.165, 1.54) is 0 Å². The van der Waals surface area contributed by atoms with Crippen LogP contribution in [-0.4, -0.2) is 11.4 Å². The molecule has 0 heterocycles. The molecule has 0 spiro atoms. The maximum Gasteiger partial charge on any atom is 0.224 e. The van der Waals surface area contributed by atoms with Crippen molar-refractivity contribution in [3.05, 3.63) is 34.9 Å². The molecular formula is C13H18ClNO. The van der Waals surface area contributed by atoms with Crippen LogP contribution in [0.4, 0.5) is 0 Å². The first kappa shape index (κ1) is 13.0. The highest BCUT2D eigenvalue weighted by molar-refractivity contribution is 6.30. The second-order valence-corrected chi connectivity index (χ2v) is 5.03. The summed E-state index contributed by atoms with van der Waals surface area (Å²) in [6, 6.07) is 7.39. The summed E-state index contributed by atoms with van der Waals surface area (Å²) in [5.74, 6) is 0.0362. The van der Waals surface area contributed by atoms with Gasteiger partial charge < -0.3 is 5.32 Å². The molecule has 0 saturated carbocycles. The molecule has 1 aromatic rings. The number of hydrogen-bond donors (Lipinski definition) is 1. The van der Waals surface area contributed by atoms with Crippen molar-refractivity contribution in [2.45, 2.75) is 39.2 Å². The molecule has 2 nitrogen and oxygen atoms in total. The molecule has 1 N–H and O–H groups in total. The van der Waals surface area contributed by atoms with E-state index in [1.54, 1.807) is 6.07 Å². The van der Waals surface area contributed by atoms with Crippen molar-refractivity contribution >= 4 is 17.5 Å². The van der Waals surface area contributed by atoms with Crippen LogP contribution in [0.5, 0.6) is 0 Å². The van der Waals surface area contributed by atoms with Crippen LogP contribution < -0.4 is 5.32 Å². The molecule has 88 valence electrons. The highest BCUT2D eigenvalue weighted by atomic mass is 35.5. The molecule has 0 radical (unpaired) electrons. The molecule has 1 rings (SSSR count). The Labute approximate surface area is 102 Å². The molecule has 0 saturated heterocycles. The van der Waals surface area contributed by atoms with Gasteiger partial charge in [-0.1, -0.05) is 30.7 Å². The van der Waals surface area contributed by atoms with Gasteiger partial charge in [-0.25, -0.2) is 0 Å². The average Bonchev–Trinajstić information content (AvgIpc) is 2.16. The van der Waals surface area contributed by atoms with Gasteiger partial charge in [0.25, 0.3) is 0 Å². The fraction of sp³-hybridized carbons (Fsp3) is 0.462. The number of carbonyl (C=O) groups is 1. The van der Waals surface area contributed by atoms with Crippen molar-refractivity contribution in [1.82, 2.24) is 5.32 Å². The number of amides is 1. The first-order valence-corrected chi connectivity index (χ1v) is 5.86. The maximum absolute atomic E-state index is 11.7. The smallest absolute Gasteiger partial charge is 0.224 e. The van der Waals surface area contributed by atoms with Gasteiger partial charge in [0.05, 0.1) is 6.42 Å².